The Labute approximate surface area is 104 Å². The standard InChI is InChI=1S/C15H21NO/c1-13-4-6-14(7-5-13)11-16-9-2-3-15(12-17)8-10-16/h4-7,12,15H,2-3,8-11H2,1H3. The number of likely N-dealkylation sites (tertiary alicyclic amines) is 1. The lowest BCUT2D eigenvalue weighted by molar-refractivity contribution is -0.111. The number of hydrogen-bond donors (Lipinski definition) is 0. The molecule has 0 bridgehead atoms. The zero-order chi connectivity index (χ0) is 12.1. The Morgan fingerprint density at radius 2 is 2.00 bits per heavy atom. The molecule has 2 heteroatoms. The van der Waals surface area contributed by atoms with E-state index in [1.54, 1.807) is 0 Å². The molecule has 17 heavy (non-hydrogen) atoms. The number of rotatable bonds is 3. The lowest BCUT2D eigenvalue weighted by Gasteiger charge is -2.19. The lowest BCUT2D eigenvalue weighted by Crippen LogP contribution is -2.24. The van der Waals surface area contributed by atoms with E-state index >= 15 is 0 Å². The van der Waals surface area contributed by atoms with Crippen LogP contribution in [-0.4, -0.2) is 24.3 Å². The van der Waals surface area contributed by atoms with Gasteiger partial charge in [0, 0.05) is 12.5 Å². The molecule has 2 nitrogen and oxygen atoms in total. The Morgan fingerprint density at radius 1 is 1.24 bits per heavy atom. The molecule has 0 spiro atoms. The normalized spacial score (nSPS) is 22.1. The van der Waals surface area contributed by atoms with Crippen LogP contribution in [0.25, 0.3) is 0 Å². The number of carbonyl (C=O) groups excluding carboxylic acids is 1. The van der Waals surface area contributed by atoms with Crippen LogP contribution >= 0.6 is 0 Å². The summed E-state index contributed by atoms with van der Waals surface area (Å²) in [6.45, 7) is 5.31. The molecule has 0 aromatic heterocycles. The molecule has 1 heterocycles. The number of carbonyl (C=O) groups is 1. The molecule has 1 unspecified atom stereocenters. The number of aryl methyl sites for hydroxylation is 1. The van der Waals surface area contributed by atoms with Crippen molar-refractivity contribution in [3.63, 3.8) is 0 Å². The highest BCUT2D eigenvalue weighted by Gasteiger charge is 2.16. The predicted molar refractivity (Wildman–Crippen MR) is 69.9 cm³/mol. The largest absolute Gasteiger partial charge is 0.303 e. The molecule has 1 aromatic carbocycles. The summed E-state index contributed by atoms with van der Waals surface area (Å²) in [5.41, 5.74) is 2.69. The minimum Gasteiger partial charge on any atom is -0.303 e. The van der Waals surface area contributed by atoms with E-state index in [0.29, 0.717) is 0 Å². The Balaban J connectivity index is 1.90. The Bertz CT molecular complexity index is 358. The van der Waals surface area contributed by atoms with Gasteiger partial charge in [-0.1, -0.05) is 29.8 Å². The average molecular weight is 231 g/mol. The molecule has 1 aliphatic heterocycles. The van der Waals surface area contributed by atoms with E-state index < -0.39 is 0 Å². The molecule has 1 atom stereocenters. The zero-order valence-electron chi connectivity index (χ0n) is 10.6. The minimum atomic E-state index is 0.290. The molecule has 92 valence electrons. The molecule has 1 aliphatic rings. The van der Waals surface area contributed by atoms with Gasteiger partial charge >= 0.3 is 0 Å². The van der Waals surface area contributed by atoms with Crippen molar-refractivity contribution in [3.8, 4) is 0 Å². The third-order valence-electron chi connectivity index (χ3n) is 3.58. The lowest BCUT2D eigenvalue weighted by atomic mass is 10.0. The van der Waals surface area contributed by atoms with Gasteiger partial charge in [-0.2, -0.15) is 0 Å². The van der Waals surface area contributed by atoms with Gasteiger partial charge in [0.15, 0.2) is 0 Å². The van der Waals surface area contributed by atoms with Crippen molar-refractivity contribution >= 4 is 6.29 Å². The van der Waals surface area contributed by atoms with E-state index in [1.165, 1.54) is 11.1 Å². The molecule has 1 saturated heterocycles. The number of hydrogen-bond acceptors (Lipinski definition) is 2. The van der Waals surface area contributed by atoms with E-state index in [2.05, 4.69) is 36.1 Å². The van der Waals surface area contributed by atoms with Gasteiger partial charge in [0.2, 0.25) is 0 Å². The van der Waals surface area contributed by atoms with Crippen LogP contribution in [-0.2, 0) is 11.3 Å². The van der Waals surface area contributed by atoms with Crippen molar-refractivity contribution in [2.75, 3.05) is 13.1 Å². The average Bonchev–Trinajstić information content (AvgIpc) is 2.57. The first kappa shape index (κ1) is 12.3. The van der Waals surface area contributed by atoms with Crippen molar-refractivity contribution in [1.82, 2.24) is 4.90 Å². The Kier molecular flexibility index (Phi) is 4.32. The van der Waals surface area contributed by atoms with Crippen LogP contribution in [0.15, 0.2) is 24.3 Å². The van der Waals surface area contributed by atoms with Crippen LogP contribution in [0.1, 0.15) is 30.4 Å². The molecule has 0 N–H and O–H groups in total. The highest BCUT2D eigenvalue weighted by Crippen LogP contribution is 2.17. The molecule has 0 radical (unpaired) electrons. The zero-order valence-corrected chi connectivity index (χ0v) is 10.6. The Hall–Kier alpha value is -1.15. The highest BCUT2D eigenvalue weighted by atomic mass is 16.1. The molecular weight excluding hydrogens is 210 g/mol. The van der Waals surface area contributed by atoms with Gasteiger partial charge in [0.05, 0.1) is 0 Å². The predicted octanol–water partition coefficient (Wildman–Crippen LogP) is 2.80. The van der Waals surface area contributed by atoms with Crippen molar-refractivity contribution in [3.05, 3.63) is 35.4 Å². The van der Waals surface area contributed by atoms with Crippen molar-refractivity contribution in [1.29, 1.82) is 0 Å². The summed E-state index contributed by atoms with van der Waals surface area (Å²) >= 11 is 0. The molecule has 0 amide bonds. The van der Waals surface area contributed by atoms with E-state index in [9.17, 15) is 4.79 Å². The van der Waals surface area contributed by atoms with Gasteiger partial charge in [-0.3, -0.25) is 4.90 Å². The van der Waals surface area contributed by atoms with Crippen LogP contribution in [0, 0.1) is 12.8 Å². The monoisotopic (exact) mass is 231 g/mol. The van der Waals surface area contributed by atoms with E-state index in [1.807, 2.05) is 0 Å². The van der Waals surface area contributed by atoms with E-state index in [-0.39, 0.29) is 5.92 Å². The SMILES string of the molecule is Cc1ccc(CN2CCCC(C=O)CC2)cc1. The molecular formula is C15H21NO. The second-order valence-corrected chi connectivity index (χ2v) is 5.09. The smallest absolute Gasteiger partial charge is 0.123 e. The Morgan fingerprint density at radius 3 is 2.71 bits per heavy atom. The van der Waals surface area contributed by atoms with E-state index in [0.717, 1.165) is 45.2 Å². The second-order valence-electron chi connectivity index (χ2n) is 5.09. The summed E-state index contributed by atoms with van der Waals surface area (Å²) in [5, 5.41) is 0. The van der Waals surface area contributed by atoms with Gasteiger partial charge in [-0.15, -0.1) is 0 Å². The first-order valence-corrected chi connectivity index (χ1v) is 6.51. The quantitative estimate of drug-likeness (QED) is 0.746. The van der Waals surface area contributed by atoms with Crippen LogP contribution in [0.2, 0.25) is 0 Å². The molecule has 0 saturated carbocycles. The highest BCUT2D eigenvalue weighted by molar-refractivity contribution is 5.53. The maximum Gasteiger partial charge on any atom is 0.123 e. The van der Waals surface area contributed by atoms with E-state index in [4.69, 9.17) is 0 Å². The fourth-order valence-electron chi connectivity index (χ4n) is 2.43. The van der Waals surface area contributed by atoms with Gasteiger partial charge in [0.1, 0.15) is 6.29 Å². The fraction of sp³-hybridized carbons (Fsp3) is 0.533. The van der Waals surface area contributed by atoms with Gasteiger partial charge < -0.3 is 4.79 Å². The third kappa shape index (κ3) is 3.67. The fourth-order valence-corrected chi connectivity index (χ4v) is 2.43. The first-order chi connectivity index (χ1) is 8.28. The van der Waals surface area contributed by atoms with Crippen LogP contribution in [0.4, 0.5) is 0 Å². The van der Waals surface area contributed by atoms with Gasteiger partial charge in [-0.05, 0) is 44.8 Å². The molecule has 1 fully saturated rings. The summed E-state index contributed by atoms with van der Waals surface area (Å²) in [6, 6.07) is 8.75. The number of aldehydes is 1. The molecule has 0 aliphatic carbocycles. The topological polar surface area (TPSA) is 20.3 Å². The van der Waals surface area contributed by atoms with Crippen LogP contribution < -0.4 is 0 Å². The summed E-state index contributed by atoms with van der Waals surface area (Å²) < 4.78 is 0. The van der Waals surface area contributed by atoms with Crippen molar-refractivity contribution < 1.29 is 4.79 Å². The summed E-state index contributed by atoms with van der Waals surface area (Å²) in [6.07, 6.45) is 4.37. The first-order valence-electron chi connectivity index (χ1n) is 6.51. The van der Waals surface area contributed by atoms with Crippen molar-refractivity contribution in [2.45, 2.75) is 32.7 Å². The van der Waals surface area contributed by atoms with Crippen LogP contribution in [0.3, 0.4) is 0 Å². The summed E-state index contributed by atoms with van der Waals surface area (Å²) in [7, 11) is 0. The maximum atomic E-state index is 10.8. The molecule has 2 rings (SSSR count). The second kappa shape index (κ2) is 5.97. The van der Waals surface area contributed by atoms with Crippen LogP contribution in [0.5, 0.6) is 0 Å². The molecule has 1 aromatic rings. The number of benzene rings is 1. The minimum absolute atomic E-state index is 0.290. The van der Waals surface area contributed by atoms with Gasteiger partial charge in [0.25, 0.3) is 0 Å². The number of nitrogens with zero attached hydrogens (tertiary/aromatic N) is 1. The third-order valence-corrected chi connectivity index (χ3v) is 3.58. The maximum absolute atomic E-state index is 10.8. The summed E-state index contributed by atoms with van der Waals surface area (Å²) in [5.74, 6) is 0.290. The summed E-state index contributed by atoms with van der Waals surface area (Å²) in [4.78, 5) is 13.3. The van der Waals surface area contributed by atoms with Crippen molar-refractivity contribution in [2.24, 2.45) is 5.92 Å². The van der Waals surface area contributed by atoms with Gasteiger partial charge in [-0.25, -0.2) is 0 Å².